The van der Waals surface area contributed by atoms with Crippen LogP contribution in [0.15, 0.2) is 47.3 Å². The second-order valence-corrected chi connectivity index (χ2v) is 7.24. The maximum absolute atomic E-state index is 13.2. The fraction of sp³-hybridized carbons (Fsp3) is 0.250. The lowest BCUT2D eigenvalue weighted by Gasteiger charge is -2.17. The number of nitrogens with two attached hydrogens (primary N) is 1. The molecular weight excluding hydrogens is 378 g/mol. The normalized spacial score (nSPS) is 12.2. The van der Waals surface area contributed by atoms with Crippen LogP contribution in [0.25, 0.3) is 16.6 Å². The number of nitrogens with zero attached hydrogens (tertiary/aromatic N) is 2. The minimum absolute atomic E-state index is 0.00215. The van der Waals surface area contributed by atoms with Crippen LogP contribution in [0.1, 0.15) is 32.6 Å². The SMILES string of the molecule is CC(C)NC(=O)Nc1cccc(-n2c(C(C)N)nc3cccc(Cl)c3c2=O)c1. The van der Waals surface area contributed by atoms with E-state index in [1.165, 1.54) is 4.57 Å². The van der Waals surface area contributed by atoms with Crippen molar-refractivity contribution in [2.24, 2.45) is 5.73 Å². The van der Waals surface area contributed by atoms with Gasteiger partial charge in [0.1, 0.15) is 5.82 Å². The van der Waals surface area contributed by atoms with Gasteiger partial charge in [-0.25, -0.2) is 9.78 Å². The van der Waals surface area contributed by atoms with Crippen LogP contribution in [-0.2, 0) is 0 Å². The standard InChI is InChI=1S/C20H22ClN5O2/c1-11(2)23-20(28)24-13-6-4-7-14(10-13)26-18(12(3)22)25-16-9-5-8-15(21)17(16)19(26)27/h4-12H,22H2,1-3H3,(H2,23,24,28). The summed E-state index contributed by atoms with van der Waals surface area (Å²) in [5.41, 5.74) is 7.34. The summed E-state index contributed by atoms with van der Waals surface area (Å²) in [5, 5.41) is 6.16. The summed E-state index contributed by atoms with van der Waals surface area (Å²) in [6.45, 7) is 5.50. The van der Waals surface area contributed by atoms with Gasteiger partial charge >= 0.3 is 6.03 Å². The van der Waals surface area contributed by atoms with Gasteiger partial charge < -0.3 is 16.4 Å². The van der Waals surface area contributed by atoms with E-state index in [2.05, 4.69) is 15.6 Å². The number of hydrogen-bond acceptors (Lipinski definition) is 4. The van der Waals surface area contributed by atoms with Gasteiger partial charge in [-0.1, -0.05) is 23.7 Å². The summed E-state index contributed by atoms with van der Waals surface area (Å²) in [6.07, 6.45) is 0. The first-order chi connectivity index (χ1) is 13.3. The molecule has 0 aliphatic carbocycles. The second kappa shape index (κ2) is 8.00. The van der Waals surface area contributed by atoms with E-state index in [1.807, 2.05) is 13.8 Å². The van der Waals surface area contributed by atoms with Gasteiger partial charge in [0.2, 0.25) is 0 Å². The van der Waals surface area contributed by atoms with Crippen molar-refractivity contribution in [3.8, 4) is 5.69 Å². The van der Waals surface area contributed by atoms with Crippen LogP contribution >= 0.6 is 11.6 Å². The lowest BCUT2D eigenvalue weighted by atomic mass is 10.2. The lowest BCUT2D eigenvalue weighted by molar-refractivity contribution is 0.250. The number of anilines is 1. The van der Waals surface area contributed by atoms with Gasteiger partial charge in [0.05, 0.1) is 27.7 Å². The Bertz CT molecular complexity index is 1090. The number of fused-ring (bicyclic) bond motifs is 1. The molecule has 0 bridgehead atoms. The van der Waals surface area contributed by atoms with Crippen LogP contribution in [0.5, 0.6) is 0 Å². The number of hydrogen-bond donors (Lipinski definition) is 3. The summed E-state index contributed by atoms with van der Waals surface area (Å²) in [4.78, 5) is 29.8. The molecule has 1 heterocycles. The molecule has 1 atom stereocenters. The largest absolute Gasteiger partial charge is 0.336 e. The second-order valence-electron chi connectivity index (χ2n) is 6.84. The van der Waals surface area contributed by atoms with Gasteiger partial charge in [-0.3, -0.25) is 9.36 Å². The Morgan fingerprint density at radius 2 is 1.89 bits per heavy atom. The van der Waals surface area contributed by atoms with Crippen LogP contribution in [0.4, 0.5) is 10.5 Å². The van der Waals surface area contributed by atoms with Crippen LogP contribution in [0, 0.1) is 0 Å². The number of carbonyl (C=O) groups is 1. The van der Waals surface area contributed by atoms with Gasteiger partial charge in [0, 0.05) is 11.7 Å². The highest BCUT2D eigenvalue weighted by atomic mass is 35.5. The van der Waals surface area contributed by atoms with Crippen molar-refractivity contribution in [2.45, 2.75) is 32.9 Å². The zero-order valence-corrected chi connectivity index (χ0v) is 16.6. The quantitative estimate of drug-likeness (QED) is 0.623. The lowest BCUT2D eigenvalue weighted by Crippen LogP contribution is -2.34. The summed E-state index contributed by atoms with van der Waals surface area (Å²) in [5.74, 6) is 0.406. The fourth-order valence-corrected chi connectivity index (χ4v) is 3.16. The maximum atomic E-state index is 13.2. The Hall–Kier alpha value is -2.90. The smallest absolute Gasteiger partial charge is 0.319 e. The molecule has 7 nitrogen and oxygen atoms in total. The molecule has 4 N–H and O–H groups in total. The highest BCUT2D eigenvalue weighted by Gasteiger charge is 2.17. The molecule has 1 unspecified atom stereocenters. The van der Waals surface area contributed by atoms with Crippen LogP contribution in [-0.4, -0.2) is 21.6 Å². The van der Waals surface area contributed by atoms with Crippen LogP contribution in [0.2, 0.25) is 5.02 Å². The third-order valence-corrected chi connectivity index (χ3v) is 4.38. The molecule has 2 amide bonds. The van der Waals surface area contributed by atoms with E-state index in [0.717, 1.165) is 0 Å². The van der Waals surface area contributed by atoms with Gasteiger partial charge in [0.15, 0.2) is 0 Å². The topological polar surface area (TPSA) is 102 Å². The van der Waals surface area contributed by atoms with Gasteiger partial charge in [0.25, 0.3) is 5.56 Å². The van der Waals surface area contributed by atoms with Crippen molar-refractivity contribution in [1.29, 1.82) is 0 Å². The van der Waals surface area contributed by atoms with Crippen LogP contribution < -0.4 is 21.9 Å². The van der Waals surface area contributed by atoms with Gasteiger partial charge in [-0.2, -0.15) is 0 Å². The number of urea groups is 1. The Labute approximate surface area is 167 Å². The van der Waals surface area contributed by atoms with Crippen molar-refractivity contribution in [3.63, 3.8) is 0 Å². The molecule has 2 aromatic carbocycles. The average Bonchev–Trinajstić information content (AvgIpc) is 2.60. The minimum atomic E-state index is -0.489. The predicted molar refractivity (Wildman–Crippen MR) is 112 cm³/mol. The molecular formula is C20H22ClN5O2. The summed E-state index contributed by atoms with van der Waals surface area (Å²) in [6, 6.07) is 11.2. The number of carbonyl (C=O) groups excluding carboxylic acids is 1. The zero-order chi connectivity index (χ0) is 20.4. The van der Waals surface area contributed by atoms with Crippen molar-refractivity contribution >= 4 is 34.2 Å². The molecule has 28 heavy (non-hydrogen) atoms. The zero-order valence-electron chi connectivity index (χ0n) is 15.9. The number of nitrogens with one attached hydrogen (secondary N) is 2. The molecule has 3 rings (SSSR count). The molecule has 0 radical (unpaired) electrons. The van der Waals surface area contributed by atoms with Crippen molar-refractivity contribution in [1.82, 2.24) is 14.9 Å². The van der Waals surface area contributed by atoms with E-state index < -0.39 is 6.04 Å². The number of aromatic nitrogens is 2. The number of rotatable bonds is 4. The Morgan fingerprint density at radius 1 is 1.18 bits per heavy atom. The molecule has 0 aliphatic heterocycles. The predicted octanol–water partition coefficient (Wildman–Crippen LogP) is 3.59. The number of halogens is 1. The molecule has 3 aromatic rings. The van der Waals surface area contributed by atoms with Gasteiger partial charge in [-0.15, -0.1) is 0 Å². The Kier molecular flexibility index (Phi) is 5.67. The maximum Gasteiger partial charge on any atom is 0.319 e. The van der Waals surface area contributed by atoms with E-state index in [9.17, 15) is 9.59 Å². The summed E-state index contributed by atoms with van der Waals surface area (Å²) >= 11 is 6.25. The first-order valence-electron chi connectivity index (χ1n) is 8.92. The van der Waals surface area contributed by atoms with E-state index in [1.54, 1.807) is 49.4 Å². The third-order valence-electron chi connectivity index (χ3n) is 4.06. The molecule has 0 fully saturated rings. The average molecular weight is 400 g/mol. The molecule has 0 aliphatic rings. The molecule has 0 saturated carbocycles. The summed E-state index contributed by atoms with van der Waals surface area (Å²) < 4.78 is 1.43. The number of benzene rings is 2. The highest BCUT2D eigenvalue weighted by Crippen LogP contribution is 2.23. The van der Waals surface area contributed by atoms with E-state index in [0.29, 0.717) is 33.1 Å². The molecule has 0 spiro atoms. The van der Waals surface area contributed by atoms with Crippen molar-refractivity contribution < 1.29 is 4.79 Å². The Morgan fingerprint density at radius 3 is 2.57 bits per heavy atom. The first kappa shape index (κ1) is 19.9. The molecule has 8 heteroatoms. The first-order valence-corrected chi connectivity index (χ1v) is 9.30. The fourth-order valence-electron chi connectivity index (χ4n) is 2.91. The van der Waals surface area contributed by atoms with Gasteiger partial charge in [-0.05, 0) is 51.1 Å². The van der Waals surface area contributed by atoms with Crippen LogP contribution in [0.3, 0.4) is 0 Å². The molecule has 0 saturated heterocycles. The molecule has 1 aromatic heterocycles. The molecule has 146 valence electrons. The van der Waals surface area contributed by atoms with E-state index in [4.69, 9.17) is 17.3 Å². The third kappa shape index (κ3) is 4.00. The number of amides is 2. The van der Waals surface area contributed by atoms with Crippen molar-refractivity contribution in [3.05, 3.63) is 63.7 Å². The monoisotopic (exact) mass is 399 g/mol. The van der Waals surface area contributed by atoms with Crippen molar-refractivity contribution in [2.75, 3.05) is 5.32 Å². The highest BCUT2D eigenvalue weighted by molar-refractivity contribution is 6.35. The minimum Gasteiger partial charge on any atom is -0.336 e. The Balaban J connectivity index is 2.15. The van der Waals surface area contributed by atoms with E-state index >= 15 is 0 Å². The summed E-state index contributed by atoms with van der Waals surface area (Å²) in [7, 11) is 0. The van der Waals surface area contributed by atoms with E-state index in [-0.39, 0.29) is 17.6 Å².